The van der Waals surface area contributed by atoms with Crippen LogP contribution in [0.1, 0.15) is 77.2 Å². The Bertz CT molecular complexity index is 994. The summed E-state index contributed by atoms with van der Waals surface area (Å²) in [7, 11) is 0. The van der Waals surface area contributed by atoms with Gasteiger partial charge in [0.05, 0.1) is 5.92 Å². The average Bonchev–Trinajstić information content (AvgIpc) is 3.22. The number of fused-ring (bicyclic) bond motifs is 5. The molecule has 0 spiro atoms. The van der Waals surface area contributed by atoms with Crippen LogP contribution < -0.4 is 5.32 Å². The van der Waals surface area contributed by atoms with Crippen LogP contribution in [0.3, 0.4) is 0 Å². The Kier molecular flexibility index (Phi) is 5.71. The highest BCUT2D eigenvalue weighted by Crippen LogP contribution is 2.66. The maximum atomic E-state index is 12.8. The van der Waals surface area contributed by atoms with Crippen molar-refractivity contribution in [3.05, 3.63) is 47.8 Å². The Hall–Kier alpha value is -1.94. The van der Waals surface area contributed by atoms with E-state index in [0.717, 1.165) is 62.9 Å². The third-order valence-corrected chi connectivity index (χ3v) is 10.6. The lowest BCUT2D eigenvalue weighted by Crippen LogP contribution is -2.50. The molecule has 1 aromatic heterocycles. The van der Waals surface area contributed by atoms with E-state index in [1.807, 2.05) is 6.20 Å². The van der Waals surface area contributed by atoms with Gasteiger partial charge in [-0.25, -0.2) is 0 Å². The van der Waals surface area contributed by atoms with Gasteiger partial charge in [-0.1, -0.05) is 37.6 Å². The van der Waals surface area contributed by atoms with Crippen molar-refractivity contribution < 1.29 is 9.53 Å². The Morgan fingerprint density at radius 2 is 1.85 bits per heavy atom. The van der Waals surface area contributed by atoms with Crippen molar-refractivity contribution in [3.63, 3.8) is 0 Å². The lowest BCUT2D eigenvalue weighted by atomic mass is 9.47. The van der Waals surface area contributed by atoms with Crippen LogP contribution in [0.4, 0.5) is 0 Å². The molecule has 6 atom stereocenters. The van der Waals surface area contributed by atoms with Crippen molar-refractivity contribution in [1.82, 2.24) is 10.3 Å². The molecule has 0 amide bonds. The monoisotopic (exact) mass is 460 g/mol. The molecular formula is C30H40N2O2. The van der Waals surface area contributed by atoms with Crippen LogP contribution in [0, 0.1) is 34.5 Å². The second kappa shape index (κ2) is 8.62. The van der Waals surface area contributed by atoms with Gasteiger partial charge in [0.1, 0.15) is 6.10 Å². The number of hydrogen-bond acceptors (Lipinski definition) is 4. The first-order valence-electron chi connectivity index (χ1n) is 13.7. The smallest absolute Gasteiger partial charge is 0.309 e. The van der Waals surface area contributed by atoms with Crippen molar-refractivity contribution in [2.75, 3.05) is 13.1 Å². The minimum Gasteiger partial charge on any atom is -0.462 e. The molecule has 5 unspecified atom stereocenters. The lowest BCUT2D eigenvalue weighted by molar-refractivity contribution is -0.157. The van der Waals surface area contributed by atoms with Crippen LogP contribution in [0.15, 0.2) is 42.3 Å². The summed E-state index contributed by atoms with van der Waals surface area (Å²) >= 11 is 0. The third-order valence-electron chi connectivity index (χ3n) is 10.6. The van der Waals surface area contributed by atoms with Crippen molar-refractivity contribution in [2.24, 2.45) is 34.5 Å². The molecule has 34 heavy (non-hydrogen) atoms. The summed E-state index contributed by atoms with van der Waals surface area (Å²) in [4.78, 5) is 17.2. The number of aromatic nitrogens is 1. The molecule has 1 aromatic rings. The van der Waals surface area contributed by atoms with Gasteiger partial charge < -0.3 is 10.1 Å². The van der Waals surface area contributed by atoms with E-state index >= 15 is 0 Å². The predicted octanol–water partition coefficient (Wildman–Crippen LogP) is 5.95. The van der Waals surface area contributed by atoms with Crippen LogP contribution in [-0.4, -0.2) is 30.1 Å². The van der Waals surface area contributed by atoms with E-state index in [0.29, 0.717) is 0 Å². The standard InChI is InChI=1S/C30H40N2O2/c1-29-13-9-23(34-28(33)20-11-16-31-17-12-20)18-22(29)5-6-24-26-8-7-25(21-4-3-15-32-19-21)30(26,2)14-10-27(24)29/h3-5,7,15,19-20,23-24,26-27,31H,6,8-14,16-18H2,1-2H3/t23?,24?,26-,27?,29?,30?/m0/s1. The van der Waals surface area contributed by atoms with Crippen LogP contribution in [0.2, 0.25) is 0 Å². The molecule has 4 nitrogen and oxygen atoms in total. The Labute approximate surface area is 204 Å². The summed E-state index contributed by atoms with van der Waals surface area (Å²) < 4.78 is 6.09. The third kappa shape index (κ3) is 3.59. The van der Waals surface area contributed by atoms with Gasteiger partial charge in [0, 0.05) is 18.8 Å². The van der Waals surface area contributed by atoms with Gasteiger partial charge in [0.15, 0.2) is 0 Å². The summed E-state index contributed by atoms with van der Waals surface area (Å²) in [5, 5.41) is 3.35. The maximum absolute atomic E-state index is 12.8. The summed E-state index contributed by atoms with van der Waals surface area (Å²) in [6, 6.07) is 4.32. The van der Waals surface area contributed by atoms with E-state index in [4.69, 9.17) is 4.74 Å². The number of ether oxygens (including phenoxy) is 1. The summed E-state index contributed by atoms with van der Waals surface area (Å²) in [6.07, 6.45) is 19.1. The van der Waals surface area contributed by atoms with Gasteiger partial charge in [-0.3, -0.25) is 9.78 Å². The second-order valence-electron chi connectivity index (χ2n) is 12.1. The SMILES string of the molecule is CC12CCC(OC(=O)C3CCNCC3)CC1=CCC1C2CCC2(C)C(c3cccnc3)=CC[C@@H]12. The molecule has 2 heterocycles. The zero-order valence-electron chi connectivity index (χ0n) is 20.9. The molecule has 5 aliphatic rings. The average molecular weight is 461 g/mol. The molecule has 2 saturated carbocycles. The molecule has 6 rings (SSSR count). The number of rotatable bonds is 3. The summed E-state index contributed by atoms with van der Waals surface area (Å²) in [6.45, 7) is 6.94. The van der Waals surface area contributed by atoms with Crippen molar-refractivity contribution in [3.8, 4) is 0 Å². The van der Waals surface area contributed by atoms with E-state index in [2.05, 4.69) is 54.6 Å². The van der Waals surface area contributed by atoms with Crippen molar-refractivity contribution in [1.29, 1.82) is 0 Å². The number of nitrogens with zero attached hydrogens (tertiary/aromatic N) is 1. The molecule has 1 saturated heterocycles. The number of esters is 1. The first-order chi connectivity index (χ1) is 16.5. The molecule has 1 N–H and O–H groups in total. The van der Waals surface area contributed by atoms with Crippen LogP contribution in [0.5, 0.6) is 0 Å². The number of carbonyl (C=O) groups excluding carboxylic acids is 1. The lowest BCUT2D eigenvalue weighted by Gasteiger charge is -2.58. The Morgan fingerprint density at radius 3 is 2.65 bits per heavy atom. The molecule has 0 bridgehead atoms. The first-order valence-corrected chi connectivity index (χ1v) is 13.7. The zero-order chi connectivity index (χ0) is 23.3. The van der Waals surface area contributed by atoms with E-state index in [9.17, 15) is 4.79 Å². The van der Waals surface area contributed by atoms with Crippen molar-refractivity contribution in [2.45, 2.75) is 77.7 Å². The van der Waals surface area contributed by atoms with Gasteiger partial charge in [-0.15, -0.1) is 0 Å². The number of nitrogens with one attached hydrogen (secondary N) is 1. The first kappa shape index (κ1) is 22.5. The number of allylic oxidation sites excluding steroid dienone is 3. The van der Waals surface area contributed by atoms with Gasteiger partial charge in [0.25, 0.3) is 0 Å². The van der Waals surface area contributed by atoms with Crippen molar-refractivity contribution >= 4 is 11.5 Å². The molecule has 4 aliphatic carbocycles. The highest BCUT2D eigenvalue weighted by Gasteiger charge is 2.57. The van der Waals surface area contributed by atoms with Gasteiger partial charge >= 0.3 is 5.97 Å². The second-order valence-corrected chi connectivity index (χ2v) is 12.1. The quantitative estimate of drug-likeness (QED) is 0.447. The summed E-state index contributed by atoms with van der Waals surface area (Å²) in [5.41, 5.74) is 5.00. The topological polar surface area (TPSA) is 51.2 Å². The van der Waals surface area contributed by atoms with E-state index in [1.54, 1.807) is 5.57 Å². The minimum absolute atomic E-state index is 0.0535. The molecule has 3 fully saturated rings. The number of piperidine rings is 1. The Morgan fingerprint density at radius 1 is 1.03 bits per heavy atom. The maximum Gasteiger partial charge on any atom is 0.309 e. The number of hydrogen-bond donors (Lipinski definition) is 1. The predicted molar refractivity (Wildman–Crippen MR) is 135 cm³/mol. The minimum atomic E-state index is 0.0535. The highest BCUT2D eigenvalue weighted by atomic mass is 16.5. The van der Waals surface area contributed by atoms with E-state index < -0.39 is 0 Å². The molecule has 4 heteroatoms. The summed E-state index contributed by atoms with van der Waals surface area (Å²) in [5.74, 6) is 2.39. The van der Waals surface area contributed by atoms with Crippen LogP contribution in [-0.2, 0) is 9.53 Å². The molecule has 1 aliphatic heterocycles. The fourth-order valence-corrected chi connectivity index (χ4v) is 8.58. The number of carbonyl (C=O) groups is 1. The van der Waals surface area contributed by atoms with Gasteiger partial charge in [0.2, 0.25) is 0 Å². The molecular weight excluding hydrogens is 420 g/mol. The fourth-order valence-electron chi connectivity index (χ4n) is 8.58. The molecule has 182 valence electrons. The van der Waals surface area contributed by atoms with E-state index in [-0.39, 0.29) is 28.8 Å². The fraction of sp³-hybridized carbons (Fsp3) is 0.667. The normalized spacial score (nSPS) is 39.8. The largest absolute Gasteiger partial charge is 0.462 e. The van der Waals surface area contributed by atoms with E-state index in [1.165, 1.54) is 36.8 Å². The molecule has 0 radical (unpaired) electrons. The van der Waals surface area contributed by atoms with Crippen LogP contribution in [0.25, 0.3) is 5.57 Å². The number of pyridine rings is 1. The molecule has 0 aromatic carbocycles. The Balaban J connectivity index is 1.17. The van der Waals surface area contributed by atoms with Crippen LogP contribution >= 0.6 is 0 Å². The van der Waals surface area contributed by atoms with Gasteiger partial charge in [-0.2, -0.15) is 0 Å². The highest BCUT2D eigenvalue weighted by molar-refractivity contribution is 5.73. The zero-order valence-corrected chi connectivity index (χ0v) is 20.9. The van der Waals surface area contributed by atoms with Gasteiger partial charge in [-0.05, 0) is 110 Å².